The first kappa shape index (κ1) is 14.6. The Hall–Kier alpha value is -1.43. The predicted molar refractivity (Wildman–Crippen MR) is 65.3 cm³/mol. The third-order valence-electron chi connectivity index (χ3n) is 2.91. The number of nitrogens with one attached hydrogen (secondary N) is 1. The van der Waals surface area contributed by atoms with Crippen molar-refractivity contribution in [3.05, 3.63) is 23.8 Å². The van der Waals surface area contributed by atoms with Gasteiger partial charge in [0.15, 0.2) is 0 Å². The number of anilines is 2. The van der Waals surface area contributed by atoms with E-state index in [9.17, 15) is 18.3 Å². The van der Waals surface area contributed by atoms with Gasteiger partial charge in [0.05, 0.1) is 17.7 Å². The lowest BCUT2D eigenvalue weighted by molar-refractivity contribution is -0.137. The van der Waals surface area contributed by atoms with Gasteiger partial charge >= 0.3 is 6.18 Å². The van der Waals surface area contributed by atoms with E-state index in [0.29, 0.717) is 6.42 Å². The van der Waals surface area contributed by atoms with Crippen LogP contribution in [-0.2, 0) is 6.18 Å². The standard InChI is InChI=1S/C12H17F3N2O/c1-3-11(2,7-18)17-10-5-4-8(16)6-9(10)12(13,14)15/h4-6,17-18H,3,7,16H2,1-2H3. The maximum Gasteiger partial charge on any atom is 0.418 e. The summed E-state index contributed by atoms with van der Waals surface area (Å²) in [5.74, 6) is 0. The highest BCUT2D eigenvalue weighted by molar-refractivity contribution is 5.60. The number of alkyl halides is 3. The first-order valence-electron chi connectivity index (χ1n) is 5.57. The van der Waals surface area contributed by atoms with E-state index in [1.807, 2.05) is 0 Å². The van der Waals surface area contributed by atoms with Gasteiger partial charge in [0.1, 0.15) is 0 Å². The van der Waals surface area contributed by atoms with Crippen LogP contribution < -0.4 is 11.1 Å². The zero-order chi connectivity index (χ0) is 14.0. The van der Waals surface area contributed by atoms with Gasteiger partial charge in [-0.1, -0.05) is 6.92 Å². The number of nitrogen functional groups attached to an aromatic ring is 1. The van der Waals surface area contributed by atoms with E-state index in [0.717, 1.165) is 6.07 Å². The Bertz CT molecular complexity index is 414. The Balaban J connectivity index is 3.17. The average molecular weight is 262 g/mol. The van der Waals surface area contributed by atoms with Crippen LogP contribution in [0.2, 0.25) is 0 Å². The van der Waals surface area contributed by atoms with Crippen LogP contribution in [-0.4, -0.2) is 17.3 Å². The normalized spacial score (nSPS) is 15.2. The van der Waals surface area contributed by atoms with Crippen molar-refractivity contribution in [1.82, 2.24) is 0 Å². The number of benzene rings is 1. The van der Waals surface area contributed by atoms with Crippen molar-refractivity contribution >= 4 is 11.4 Å². The van der Waals surface area contributed by atoms with Gasteiger partial charge in [0.2, 0.25) is 0 Å². The molecular weight excluding hydrogens is 245 g/mol. The Morgan fingerprint density at radius 1 is 1.33 bits per heavy atom. The van der Waals surface area contributed by atoms with E-state index in [1.165, 1.54) is 12.1 Å². The number of rotatable bonds is 4. The summed E-state index contributed by atoms with van der Waals surface area (Å²) in [5, 5.41) is 12.0. The van der Waals surface area contributed by atoms with Crippen LogP contribution in [0.3, 0.4) is 0 Å². The molecule has 1 unspecified atom stereocenters. The van der Waals surface area contributed by atoms with Crippen molar-refractivity contribution < 1.29 is 18.3 Å². The number of hydrogen-bond acceptors (Lipinski definition) is 3. The maximum absolute atomic E-state index is 12.9. The number of aliphatic hydroxyl groups is 1. The second kappa shape index (κ2) is 5.06. The summed E-state index contributed by atoms with van der Waals surface area (Å²) >= 11 is 0. The Labute approximate surface area is 104 Å². The van der Waals surface area contributed by atoms with Gasteiger partial charge in [-0.3, -0.25) is 0 Å². The fourth-order valence-electron chi connectivity index (χ4n) is 1.47. The van der Waals surface area contributed by atoms with Crippen LogP contribution in [0.1, 0.15) is 25.8 Å². The first-order valence-corrected chi connectivity index (χ1v) is 5.57. The fourth-order valence-corrected chi connectivity index (χ4v) is 1.47. The van der Waals surface area contributed by atoms with Crippen molar-refractivity contribution in [2.45, 2.75) is 32.0 Å². The minimum absolute atomic E-state index is 0.0510. The van der Waals surface area contributed by atoms with E-state index < -0.39 is 17.3 Å². The second-order valence-corrected chi connectivity index (χ2v) is 4.50. The van der Waals surface area contributed by atoms with Crippen molar-refractivity contribution in [3.8, 4) is 0 Å². The maximum atomic E-state index is 12.9. The molecule has 1 aromatic rings. The summed E-state index contributed by atoms with van der Waals surface area (Å²) in [5.41, 5.74) is 3.73. The molecule has 0 bridgehead atoms. The van der Waals surface area contributed by atoms with Crippen LogP contribution in [0.5, 0.6) is 0 Å². The van der Waals surface area contributed by atoms with E-state index >= 15 is 0 Å². The summed E-state index contributed by atoms with van der Waals surface area (Å²) in [6.45, 7) is 3.18. The van der Waals surface area contributed by atoms with E-state index in [2.05, 4.69) is 5.32 Å². The third-order valence-corrected chi connectivity index (χ3v) is 2.91. The predicted octanol–water partition coefficient (Wildman–Crippen LogP) is 2.86. The smallest absolute Gasteiger partial charge is 0.399 e. The molecule has 0 aliphatic carbocycles. The first-order chi connectivity index (χ1) is 8.22. The van der Waals surface area contributed by atoms with Gasteiger partial charge in [-0.25, -0.2) is 0 Å². The summed E-state index contributed by atoms with van der Waals surface area (Å²) < 4.78 is 38.6. The summed E-state index contributed by atoms with van der Waals surface area (Å²) in [4.78, 5) is 0. The molecule has 0 amide bonds. The van der Waals surface area contributed by atoms with Crippen molar-refractivity contribution in [2.75, 3.05) is 17.7 Å². The molecule has 0 aromatic heterocycles. The quantitative estimate of drug-likeness (QED) is 0.731. The average Bonchev–Trinajstić information content (AvgIpc) is 2.30. The van der Waals surface area contributed by atoms with Gasteiger partial charge < -0.3 is 16.2 Å². The second-order valence-electron chi connectivity index (χ2n) is 4.50. The Morgan fingerprint density at radius 2 is 1.94 bits per heavy atom. The molecule has 0 spiro atoms. The molecule has 1 atom stereocenters. The largest absolute Gasteiger partial charge is 0.418 e. The molecule has 0 aliphatic rings. The molecule has 4 N–H and O–H groups in total. The zero-order valence-corrected chi connectivity index (χ0v) is 10.3. The minimum atomic E-state index is -4.48. The molecule has 0 aliphatic heterocycles. The lowest BCUT2D eigenvalue weighted by atomic mass is 9.98. The summed E-state index contributed by atoms with van der Waals surface area (Å²) in [7, 11) is 0. The molecule has 18 heavy (non-hydrogen) atoms. The molecule has 0 saturated heterocycles. The summed E-state index contributed by atoms with van der Waals surface area (Å²) in [6.07, 6.45) is -3.99. The van der Waals surface area contributed by atoms with Crippen molar-refractivity contribution in [1.29, 1.82) is 0 Å². The van der Waals surface area contributed by atoms with Crippen LogP contribution in [0, 0.1) is 0 Å². The lowest BCUT2D eigenvalue weighted by Gasteiger charge is -2.30. The Morgan fingerprint density at radius 3 is 2.39 bits per heavy atom. The van der Waals surface area contributed by atoms with Gasteiger partial charge in [-0.05, 0) is 31.5 Å². The molecule has 1 rings (SSSR count). The third kappa shape index (κ3) is 3.29. The molecule has 102 valence electrons. The van der Waals surface area contributed by atoms with Crippen LogP contribution in [0.25, 0.3) is 0 Å². The summed E-state index contributed by atoms with van der Waals surface area (Å²) in [6, 6.07) is 3.56. The molecule has 0 heterocycles. The fraction of sp³-hybridized carbons (Fsp3) is 0.500. The van der Waals surface area contributed by atoms with Gasteiger partial charge in [0, 0.05) is 11.4 Å². The number of halogens is 3. The van der Waals surface area contributed by atoms with E-state index in [4.69, 9.17) is 5.73 Å². The monoisotopic (exact) mass is 262 g/mol. The Kier molecular flexibility index (Phi) is 4.11. The van der Waals surface area contributed by atoms with Crippen LogP contribution >= 0.6 is 0 Å². The lowest BCUT2D eigenvalue weighted by Crippen LogP contribution is -2.38. The van der Waals surface area contributed by atoms with Crippen LogP contribution in [0.15, 0.2) is 18.2 Å². The number of nitrogens with two attached hydrogens (primary N) is 1. The SMILES string of the molecule is CCC(C)(CO)Nc1ccc(N)cc1C(F)(F)F. The minimum Gasteiger partial charge on any atom is -0.399 e. The van der Waals surface area contributed by atoms with Crippen LogP contribution in [0.4, 0.5) is 24.5 Å². The molecule has 3 nitrogen and oxygen atoms in total. The van der Waals surface area contributed by atoms with E-state index in [1.54, 1.807) is 13.8 Å². The van der Waals surface area contributed by atoms with Gasteiger partial charge in [-0.15, -0.1) is 0 Å². The topological polar surface area (TPSA) is 58.3 Å². The highest BCUT2D eigenvalue weighted by atomic mass is 19.4. The van der Waals surface area contributed by atoms with Gasteiger partial charge in [-0.2, -0.15) is 13.2 Å². The van der Waals surface area contributed by atoms with E-state index in [-0.39, 0.29) is 18.0 Å². The van der Waals surface area contributed by atoms with Crippen molar-refractivity contribution in [3.63, 3.8) is 0 Å². The zero-order valence-electron chi connectivity index (χ0n) is 10.3. The molecule has 6 heteroatoms. The molecule has 0 saturated carbocycles. The highest BCUT2D eigenvalue weighted by Crippen LogP contribution is 2.37. The molecular formula is C12H17F3N2O. The molecule has 0 radical (unpaired) electrons. The molecule has 0 fully saturated rings. The van der Waals surface area contributed by atoms with Gasteiger partial charge in [0.25, 0.3) is 0 Å². The number of hydrogen-bond donors (Lipinski definition) is 3. The number of aliphatic hydroxyl groups excluding tert-OH is 1. The molecule has 1 aromatic carbocycles. The highest BCUT2D eigenvalue weighted by Gasteiger charge is 2.35. The van der Waals surface area contributed by atoms with Crippen molar-refractivity contribution in [2.24, 2.45) is 0 Å².